The largest absolute Gasteiger partial charge is 0.407 e. The van der Waals surface area contributed by atoms with Crippen molar-refractivity contribution in [2.45, 2.75) is 63.0 Å². The van der Waals surface area contributed by atoms with Crippen LogP contribution in [-0.4, -0.2) is 50.5 Å². The Bertz CT molecular complexity index is 1490. The molecular weight excluding hydrogens is 563 g/mol. The molecule has 0 unspecified atom stereocenters. The van der Waals surface area contributed by atoms with E-state index in [-0.39, 0.29) is 16.0 Å². The monoisotopic (exact) mass is 603 g/mol. The summed E-state index contributed by atoms with van der Waals surface area (Å²) >= 11 is 0. The third kappa shape index (κ3) is 6.98. The second-order valence-corrected chi connectivity index (χ2v) is 17.6. The zero-order valence-corrected chi connectivity index (χ0v) is 26.8. The quantitative estimate of drug-likeness (QED) is 0.111. The molecule has 0 radical (unpaired) electrons. The van der Waals surface area contributed by atoms with E-state index >= 15 is 0 Å². The molecule has 4 rings (SSSR count). The number of aromatic nitrogens is 3. The molecule has 0 aliphatic heterocycles. The van der Waals surface area contributed by atoms with Crippen LogP contribution in [0.2, 0.25) is 5.04 Å². The van der Waals surface area contributed by atoms with Crippen LogP contribution in [-0.2, 0) is 25.6 Å². The van der Waals surface area contributed by atoms with Crippen LogP contribution in [0.3, 0.4) is 0 Å². The Morgan fingerprint density at radius 1 is 0.952 bits per heavy atom. The van der Waals surface area contributed by atoms with Gasteiger partial charge in [-0.15, -0.1) is 15.8 Å². The molecule has 0 amide bonds. The predicted molar refractivity (Wildman–Crippen MR) is 170 cm³/mol. The van der Waals surface area contributed by atoms with Crippen molar-refractivity contribution in [2.75, 3.05) is 13.2 Å². The predicted octanol–water partition coefficient (Wildman–Crippen LogP) is 5.29. The summed E-state index contributed by atoms with van der Waals surface area (Å²) in [5, 5.41) is 10.2. The lowest BCUT2D eigenvalue weighted by Crippen LogP contribution is -2.66. The fraction of sp³-hybridized carbons (Fsp3) is 0.333. The van der Waals surface area contributed by atoms with Crippen molar-refractivity contribution in [3.8, 4) is 0 Å². The Morgan fingerprint density at radius 3 is 2.10 bits per heavy atom. The molecule has 0 spiro atoms. The van der Waals surface area contributed by atoms with Crippen molar-refractivity contribution < 1.29 is 17.6 Å². The van der Waals surface area contributed by atoms with E-state index in [1.807, 2.05) is 19.1 Å². The molecule has 3 aromatic carbocycles. The van der Waals surface area contributed by atoms with Gasteiger partial charge in [-0.05, 0) is 47.3 Å². The van der Waals surface area contributed by atoms with Crippen molar-refractivity contribution in [3.05, 3.63) is 115 Å². The van der Waals surface area contributed by atoms with Gasteiger partial charge in [0.2, 0.25) is 0 Å². The Balaban J connectivity index is 1.53. The fourth-order valence-electron chi connectivity index (χ4n) is 5.37. The van der Waals surface area contributed by atoms with E-state index in [2.05, 4.69) is 86.2 Å². The van der Waals surface area contributed by atoms with E-state index in [0.29, 0.717) is 31.7 Å². The third-order valence-electron chi connectivity index (χ3n) is 7.42. The van der Waals surface area contributed by atoms with Gasteiger partial charge in [0, 0.05) is 13.0 Å². The first-order valence-electron chi connectivity index (χ1n) is 14.3. The molecule has 0 fully saturated rings. The Morgan fingerprint density at radius 2 is 1.55 bits per heavy atom. The van der Waals surface area contributed by atoms with Gasteiger partial charge in [-0.1, -0.05) is 110 Å². The summed E-state index contributed by atoms with van der Waals surface area (Å²) in [6.45, 7) is 13.4. The Labute approximate surface area is 251 Å². The number of rotatable bonds is 14. The number of ether oxygens (including phenoxy) is 1. The SMILES string of the molecule is C=CCO[C@@H](CCCO[Si](c1ccccc1)(c1ccccc1)C(C)(C)C)Cc1cnnn1S(=O)(=O)c1ccc(C)cc1. The summed E-state index contributed by atoms with van der Waals surface area (Å²) in [6, 6.07) is 27.8. The maximum Gasteiger partial charge on any atom is 0.284 e. The fourth-order valence-corrected chi connectivity index (χ4v) is 11.2. The Kier molecular flexibility index (Phi) is 10.3. The number of hydrogen-bond acceptors (Lipinski definition) is 6. The van der Waals surface area contributed by atoms with Gasteiger partial charge in [0.1, 0.15) is 0 Å². The highest BCUT2D eigenvalue weighted by atomic mass is 32.2. The molecule has 4 aromatic rings. The van der Waals surface area contributed by atoms with E-state index in [0.717, 1.165) is 16.1 Å². The summed E-state index contributed by atoms with van der Waals surface area (Å²) < 4.78 is 40.8. The van der Waals surface area contributed by atoms with Crippen LogP contribution in [0.15, 0.2) is 109 Å². The van der Waals surface area contributed by atoms with Gasteiger partial charge < -0.3 is 9.16 Å². The molecule has 1 atom stereocenters. The number of hydrogen-bond donors (Lipinski definition) is 0. The first-order chi connectivity index (χ1) is 20.1. The van der Waals surface area contributed by atoms with Crippen molar-refractivity contribution in [1.29, 1.82) is 0 Å². The van der Waals surface area contributed by atoms with E-state index < -0.39 is 18.3 Å². The molecule has 0 aliphatic carbocycles. The molecule has 0 saturated heterocycles. The average molecular weight is 604 g/mol. The van der Waals surface area contributed by atoms with E-state index in [1.165, 1.54) is 16.6 Å². The molecule has 42 heavy (non-hydrogen) atoms. The summed E-state index contributed by atoms with van der Waals surface area (Å²) in [5.74, 6) is 0. The number of aryl methyl sites for hydroxylation is 1. The average Bonchev–Trinajstić information content (AvgIpc) is 3.45. The molecule has 0 aliphatic rings. The van der Waals surface area contributed by atoms with E-state index in [9.17, 15) is 8.42 Å². The highest BCUT2D eigenvalue weighted by molar-refractivity contribution is 7.89. The van der Waals surface area contributed by atoms with Crippen LogP contribution in [0.25, 0.3) is 0 Å². The van der Waals surface area contributed by atoms with Crippen molar-refractivity contribution in [1.82, 2.24) is 14.4 Å². The minimum Gasteiger partial charge on any atom is -0.407 e. The van der Waals surface area contributed by atoms with Crippen molar-refractivity contribution >= 4 is 28.7 Å². The van der Waals surface area contributed by atoms with Crippen molar-refractivity contribution in [3.63, 3.8) is 0 Å². The molecule has 222 valence electrons. The molecule has 9 heteroatoms. The number of benzene rings is 3. The van der Waals surface area contributed by atoms with Gasteiger partial charge in [-0.3, -0.25) is 0 Å². The number of nitrogens with zero attached hydrogens (tertiary/aromatic N) is 3. The highest BCUT2D eigenvalue weighted by Crippen LogP contribution is 2.37. The topological polar surface area (TPSA) is 83.3 Å². The standard InChI is InChI=1S/C33H41N3O4SSi/c1-6-23-39-29(25-28-26-34-35-36(28)41(37,38)30-21-19-27(2)20-22-30)14-13-24-40-42(33(3,4)5,31-15-9-7-10-16-31)32-17-11-8-12-18-32/h6-12,15-22,26,29H,1,13-14,23-25H2,2-5H3/t29-/m0/s1. The summed E-state index contributed by atoms with van der Waals surface area (Å²) in [7, 11) is -6.53. The third-order valence-corrected chi connectivity index (χ3v) is 14.1. The van der Waals surface area contributed by atoms with Crippen LogP contribution < -0.4 is 10.4 Å². The van der Waals surface area contributed by atoms with Crippen LogP contribution in [0, 0.1) is 6.92 Å². The molecular formula is C33H41N3O4SSi. The van der Waals surface area contributed by atoms with Gasteiger partial charge >= 0.3 is 0 Å². The summed E-state index contributed by atoms with van der Waals surface area (Å²) in [5.41, 5.74) is 1.45. The molecule has 0 N–H and O–H groups in total. The molecule has 1 aromatic heterocycles. The smallest absolute Gasteiger partial charge is 0.284 e. The summed E-state index contributed by atoms with van der Waals surface area (Å²) in [6.07, 6.45) is 4.67. The van der Waals surface area contributed by atoms with Gasteiger partial charge in [-0.25, -0.2) is 0 Å². The van der Waals surface area contributed by atoms with Crippen LogP contribution in [0.5, 0.6) is 0 Å². The summed E-state index contributed by atoms with van der Waals surface area (Å²) in [4.78, 5) is 0.169. The lowest BCUT2D eigenvalue weighted by atomic mass is 10.1. The van der Waals surface area contributed by atoms with E-state index in [4.69, 9.17) is 9.16 Å². The zero-order chi connectivity index (χ0) is 30.2. The van der Waals surface area contributed by atoms with Gasteiger partial charge in [-0.2, -0.15) is 8.42 Å². The normalized spacial score (nSPS) is 13.1. The first-order valence-corrected chi connectivity index (χ1v) is 17.6. The molecule has 0 saturated carbocycles. The molecule has 7 nitrogen and oxygen atoms in total. The lowest BCUT2D eigenvalue weighted by Gasteiger charge is -2.43. The van der Waals surface area contributed by atoms with Gasteiger partial charge in [0.15, 0.2) is 0 Å². The van der Waals surface area contributed by atoms with Gasteiger partial charge in [0.05, 0.1) is 29.5 Å². The second-order valence-electron chi connectivity index (χ2n) is 11.5. The van der Waals surface area contributed by atoms with E-state index in [1.54, 1.807) is 30.3 Å². The minimum atomic E-state index is -3.88. The minimum absolute atomic E-state index is 0.114. The van der Waals surface area contributed by atoms with Crippen molar-refractivity contribution in [2.24, 2.45) is 0 Å². The second kappa shape index (κ2) is 13.7. The molecule has 1 heterocycles. The maximum absolute atomic E-state index is 13.3. The van der Waals surface area contributed by atoms with Gasteiger partial charge in [0.25, 0.3) is 18.3 Å². The van der Waals surface area contributed by atoms with Crippen LogP contribution in [0.1, 0.15) is 44.9 Å². The highest BCUT2D eigenvalue weighted by Gasteiger charge is 2.50. The Hall–Kier alpha value is -3.37. The van der Waals surface area contributed by atoms with Crippen LogP contribution in [0.4, 0.5) is 0 Å². The zero-order valence-electron chi connectivity index (χ0n) is 24.9. The first kappa shape index (κ1) is 31.6. The molecule has 0 bridgehead atoms. The maximum atomic E-state index is 13.3. The van der Waals surface area contributed by atoms with Crippen LogP contribution >= 0.6 is 0 Å². The lowest BCUT2D eigenvalue weighted by molar-refractivity contribution is 0.0622.